The quantitative estimate of drug-likeness (QED) is 0.682. The van der Waals surface area contributed by atoms with Crippen LogP contribution in [0.3, 0.4) is 0 Å². The van der Waals surface area contributed by atoms with Crippen molar-refractivity contribution in [2.75, 3.05) is 39.1 Å². The Hall–Kier alpha value is -1.78. The molecule has 0 saturated carbocycles. The first-order valence-electron chi connectivity index (χ1n) is 7.49. The van der Waals surface area contributed by atoms with Gasteiger partial charge in [-0.1, -0.05) is 13.8 Å². The van der Waals surface area contributed by atoms with E-state index in [4.69, 9.17) is 0 Å². The Bertz CT molecular complexity index is 507. The smallest absolute Gasteiger partial charge is 0.193 e. The second-order valence-electron chi connectivity index (χ2n) is 6.65. The summed E-state index contributed by atoms with van der Waals surface area (Å²) in [6, 6.07) is 4.15. The van der Waals surface area contributed by atoms with Gasteiger partial charge in [-0.05, 0) is 29.5 Å². The van der Waals surface area contributed by atoms with Crippen LogP contribution in [0.5, 0.6) is 0 Å². The molecule has 0 atom stereocenters. The van der Waals surface area contributed by atoms with Gasteiger partial charge in [-0.15, -0.1) is 0 Å². The van der Waals surface area contributed by atoms with Crippen LogP contribution >= 0.6 is 0 Å². The van der Waals surface area contributed by atoms with Crippen molar-refractivity contribution in [1.82, 2.24) is 15.2 Å². The summed E-state index contributed by atoms with van der Waals surface area (Å²) < 4.78 is 0. The molecule has 21 heavy (non-hydrogen) atoms. The molecule has 0 amide bonds. The molecule has 5 heteroatoms. The second kappa shape index (κ2) is 6.33. The standard InChI is InChI=1S/C16H27N5/c1-16(2)7-9-21(12-16)15(17-3)19-11-13-6-8-18-14(10-13)20(4)5/h6,8,10H,7,9,11-12H2,1-5H3,(H,17,19). The van der Waals surface area contributed by atoms with Gasteiger partial charge in [0.25, 0.3) is 0 Å². The number of guanidine groups is 1. The molecule has 5 nitrogen and oxygen atoms in total. The molecule has 2 rings (SSSR count). The number of aliphatic imine (C=N–C) groups is 1. The summed E-state index contributed by atoms with van der Waals surface area (Å²) in [7, 11) is 5.86. The maximum Gasteiger partial charge on any atom is 0.193 e. The number of anilines is 1. The van der Waals surface area contributed by atoms with Crippen LogP contribution < -0.4 is 10.2 Å². The van der Waals surface area contributed by atoms with Gasteiger partial charge < -0.3 is 15.1 Å². The number of aromatic nitrogens is 1. The van der Waals surface area contributed by atoms with Gasteiger partial charge in [0.1, 0.15) is 5.82 Å². The highest BCUT2D eigenvalue weighted by molar-refractivity contribution is 5.80. The molecular formula is C16H27N5. The number of hydrogen-bond donors (Lipinski definition) is 1. The van der Waals surface area contributed by atoms with Crippen LogP contribution in [0.15, 0.2) is 23.3 Å². The highest BCUT2D eigenvalue weighted by atomic mass is 15.3. The van der Waals surface area contributed by atoms with Crippen molar-refractivity contribution in [3.05, 3.63) is 23.9 Å². The van der Waals surface area contributed by atoms with Gasteiger partial charge in [0.05, 0.1) is 0 Å². The van der Waals surface area contributed by atoms with Crippen molar-refractivity contribution >= 4 is 11.8 Å². The molecule has 1 fully saturated rings. The molecule has 1 N–H and O–H groups in total. The molecule has 116 valence electrons. The van der Waals surface area contributed by atoms with Gasteiger partial charge >= 0.3 is 0 Å². The summed E-state index contributed by atoms with van der Waals surface area (Å²) in [6.45, 7) is 7.53. The minimum atomic E-state index is 0.381. The molecule has 0 spiro atoms. The fraction of sp³-hybridized carbons (Fsp3) is 0.625. The van der Waals surface area contributed by atoms with E-state index in [0.29, 0.717) is 5.41 Å². The third-order valence-electron chi connectivity index (χ3n) is 3.91. The molecule has 0 aromatic carbocycles. The monoisotopic (exact) mass is 289 g/mol. The first-order valence-corrected chi connectivity index (χ1v) is 7.49. The molecular weight excluding hydrogens is 262 g/mol. The van der Waals surface area contributed by atoms with Gasteiger partial charge in [0, 0.05) is 47.0 Å². The SMILES string of the molecule is CN=C(NCc1ccnc(N(C)C)c1)N1CCC(C)(C)C1. The van der Waals surface area contributed by atoms with Crippen molar-refractivity contribution in [2.45, 2.75) is 26.8 Å². The predicted molar refractivity (Wildman–Crippen MR) is 88.7 cm³/mol. The Labute approximate surface area is 128 Å². The molecule has 2 heterocycles. The van der Waals surface area contributed by atoms with Crippen LogP contribution in [-0.2, 0) is 6.54 Å². The third-order valence-corrected chi connectivity index (χ3v) is 3.91. The molecule has 1 aromatic heterocycles. The summed E-state index contributed by atoms with van der Waals surface area (Å²) in [5.41, 5.74) is 1.60. The van der Waals surface area contributed by atoms with Crippen molar-refractivity contribution < 1.29 is 0 Å². The first kappa shape index (κ1) is 15.6. The summed E-state index contributed by atoms with van der Waals surface area (Å²) in [5, 5.41) is 3.46. The van der Waals surface area contributed by atoms with Gasteiger partial charge in [0.15, 0.2) is 5.96 Å². The van der Waals surface area contributed by atoms with E-state index in [0.717, 1.165) is 31.4 Å². The molecule has 1 aliphatic heterocycles. The molecule has 1 saturated heterocycles. The Morgan fingerprint density at radius 2 is 2.24 bits per heavy atom. The third kappa shape index (κ3) is 4.09. The van der Waals surface area contributed by atoms with Crippen LogP contribution in [-0.4, -0.2) is 50.1 Å². The van der Waals surface area contributed by atoms with Gasteiger partial charge in [0.2, 0.25) is 0 Å². The molecule has 0 bridgehead atoms. The van der Waals surface area contributed by atoms with Gasteiger partial charge in [-0.2, -0.15) is 0 Å². The zero-order valence-corrected chi connectivity index (χ0v) is 13.8. The van der Waals surface area contributed by atoms with Crippen LogP contribution in [0.1, 0.15) is 25.8 Å². The van der Waals surface area contributed by atoms with E-state index in [-0.39, 0.29) is 0 Å². The lowest BCUT2D eigenvalue weighted by molar-refractivity contribution is 0.370. The molecule has 0 aliphatic carbocycles. The van der Waals surface area contributed by atoms with Crippen molar-refractivity contribution in [1.29, 1.82) is 0 Å². The van der Waals surface area contributed by atoms with E-state index in [2.05, 4.69) is 40.1 Å². The maximum absolute atomic E-state index is 4.41. The van der Waals surface area contributed by atoms with Crippen LogP contribution in [0.25, 0.3) is 0 Å². The fourth-order valence-corrected chi connectivity index (χ4v) is 2.62. The number of nitrogens with one attached hydrogen (secondary N) is 1. The van der Waals surface area contributed by atoms with Crippen molar-refractivity contribution in [3.8, 4) is 0 Å². The van der Waals surface area contributed by atoms with E-state index in [9.17, 15) is 0 Å². The highest BCUT2D eigenvalue weighted by Crippen LogP contribution is 2.28. The Kier molecular flexibility index (Phi) is 4.70. The number of likely N-dealkylation sites (tertiary alicyclic amines) is 1. The Balaban J connectivity index is 1.97. The predicted octanol–water partition coefficient (Wildman–Crippen LogP) is 1.95. The molecule has 1 aromatic rings. The summed E-state index contributed by atoms with van der Waals surface area (Å²) >= 11 is 0. The number of hydrogen-bond acceptors (Lipinski definition) is 3. The van der Waals surface area contributed by atoms with E-state index in [1.165, 1.54) is 12.0 Å². The lowest BCUT2D eigenvalue weighted by atomic mass is 9.93. The topological polar surface area (TPSA) is 43.8 Å². The van der Waals surface area contributed by atoms with Crippen LogP contribution in [0.2, 0.25) is 0 Å². The molecule has 0 unspecified atom stereocenters. The lowest BCUT2D eigenvalue weighted by Gasteiger charge is -2.23. The zero-order valence-electron chi connectivity index (χ0n) is 13.8. The first-order chi connectivity index (χ1) is 9.91. The lowest BCUT2D eigenvalue weighted by Crippen LogP contribution is -2.40. The maximum atomic E-state index is 4.41. The van der Waals surface area contributed by atoms with E-state index >= 15 is 0 Å². The number of nitrogens with zero attached hydrogens (tertiary/aromatic N) is 4. The summed E-state index contributed by atoms with van der Waals surface area (Å²) in [6.07, 6.45) is 3.07. The van der Waals surface area contributed by atoms with Crippen LogP contribution in [0, 0.1) is 5.41 Å². The molecule has 0 radical (unpaired) electrons. The fourth-order valence-electron chi connectivity index (χ4n) is 2.62. The number of rotatable bonds is 3. The summed E-state index contributed by atoms with van der Waals surface area (Å²) in [5.74, 6) is 1.97. The Morgan fingerprint density at radius 1 is 1.48 bits per heavy atom. The van der Waals surface area contributed by atoms with Gasteiger partial charge in [-0.25, -0.2) is 4.98 Å². The van der Waals surface area contributed by atoms with Crippen molar-refractivity contribution in [2.24, 2.45) is 10.4 Å². The van der Waals surface area contributed by atoms with E-state index < -0.39 is 0 Å². The zero-order chi connectivity index (χ0) is 15.5. The van der Waals surface area contributed by atoms with Gasteiger partial charge in [-0.3, -0.25) is 4.99 Å². The van der Waals surface area contributed by atoms with E-state index in [1.807, 2.05) is 38.3 Å². The molecule has 1 aliphatic rings. The average molecular weight is 289 g/mol. The van der Waals surface area contributed by atoms with E-state index in [1.54, 1.807) is 0 Å². The highest BCUT2D eigenvalue weighted by Gasteiger charge is 2.30. The minimum absolute atomic E-state index is 0.381. The second-order valence-corrected chi connectivity index (χ2v) is 6.65. The van der Waals surface area contributed by atoms with Crippen LogP contribution in [0.4, 0.5) is 5.82 Å². The normalized spacial score (nSPS) is 18.0. The average Bonchev–Trinajstić information content (AvgIpc) is 2.80. The number of pyridine rings is 1. The largest absolute Gasteiger partial charge is 0.363 e. The summed E-state index contributed by atoms with van der Waals surface area (Å²) in [4.78, 5) is 13.1. The van der Waals surface area contributed by atoms with Crippen molar-refractivity contribution in [3.63, 3.8) is 0 Å². The Morgan fingerprint density at radius 3 is 2.81 bits per heavy atom. The minimum Gasteiger partial charge on any atom is -0.363 e.